The van der Waals surface area contributed by atoms with Crippen molar-refractivity contribution in [3.05, 3.63) is 102 Å². The molecule has 0 bridgehead atoms. The maximum atomic E-state index is 12.7. The molecule has 2 atom stereocenters. The van der Waals surface area contributed by atoms with E-state index >= 15 is 0 Å². The summed E-state index contributed by atoms with van der Waals surface area (Å²) in [6.07, 6.45) is -0.125. The lowest BCUT2D eigenvalue weighted by molar-refractivity contribution is -0.120. The normalized spacial score (nSPS) is 12.6. The summed E-state index contributed by atoms with van der Waals surface area (Å²) in [6, 6.07) is 25.0. The summed E-state index contributed by atoms with van der Waals surface area (Å²) < 4.78 is 11.1. The van der Waals surface area contributed by atoms with Gasteiger partial charge in [0.2, 0.25) is 0 Å². The largest absolute Gasteiger partial charge is 0.497 e. The minimum atomic E-state index is -0.851. The number of aldehydes is 1. The van der Waals surface area contributed by atoms with E-state index in [-0.39, 0.29) is 12.5 Å². The summed E-state index contributed by atoms with van der Waals surface area (Å²) in [5.74, 6) is 0.413. The zero-order valence-electron chi connectivity index (χ0n) is 16.2. The number of ether oxygens (including phenoxy) is 2. The third-order valence-electron chi connectivity index (χ3n) is 4.55. The lowest BCUT2D eigenvalue weighted by Gasteiger charge is -2.25. The second-order valence-electron chi connectivity index (χ2n) is 6.49. The Labute approximate surface area is 170 Å². The number of amides is 1. The predicted molar refractivity (Wildman–Crippen MR) is 111 cm³/mol. The number of hydrogen-bond donors (Lipinski definition) is 1. The first-order valence-electron chi connectivity index (χ1n) is 9.32. The lowest BCUT2D eigenvalue weighted by atomic mass is 10.0. The van der Waals surface area contributed by atoms with Gasteiger partial charge in [0.1, 0.15) is 11.9 Å². The number of carbonyl (C=O) groups is 2. The fourth-order valence-electron chi connectivity index (χ4n) is 2.96. The van der Waals surface area contributed by atoms with Gasteiger partial charge in [0.15, 0.2) is 6.29 Å². The molecule has 0 aromatic heterocycles. The minimum Gasteiger partial charge on any atom is -0.497 e. The average Bonchev–Trinajstić information content (AvgIpc) is 2.80. The summed E-state index contributed by atoms with van der Waals surface area (Å²) in [5, 5.41) is 2.94. The third-order valence-corrected chi connectivity index (χ3v) is 4.55. The topological polar surface area (TPSA) is 64.6 Å². The second kappa shape index (κ2) is 10.2. The number of nitrogens with one attached hydrogen (secondary N) is 1. The molecule has 0 unspecified atom stereocenters. The lowest BCUT2D eigenvalue weighted by Crippen LogP contribution is -2.38. The van der Waals surface area contributed by atoms with E-state index in [9.17, 15) is 9.59 Å². The van der Waals surface area contributed by atoms with Crippen LogP contribution in [0.4, 0.5) is 0 Å². The van der Waals surface area contributed by atoms with Crippen LogP contribution in [0.3, 0.4) is 0 Å². The van der Waals surface area contributed by atoms with E-state index in [1.165, 1.54) is 0 Å². The summed E-state index contributed by atoms with van der Waals surface area (Å²) in [4.78, 5) is 24.6. The van der Waals surface area contributed by atoms with Gasteiger partial charge < -0.3 is 19.6 Å². The zero-order chi connectivity index (χ0) is 20.5. The smallest absolute Gasteiger partial charge is 0.251 e. The molecule has 0 radical (unpaired) electrons. The van der Waals surface area contributed by atoms with Crippen LogP contribution in [0.25, 0.3) is 0 Å². The Balaban J connectivity index is 1.83. The molecule has 0 saturated heterocycles. The number of hydrogen-bond acceptors (Lipinski definition) is 4. The predicted octanol–water partition coefficient (Wildman–Crippen LogP) is 3.95. The average molecular weight is 389 g/mol. The van der Waals surface area contributed by atoms with E-state index in [0.29, 0.717) is 11.3 Å². The van der Waals surface area contributed by atoms with Gasteiger partial charge >= 0.3 is 0 Å². The molecule has 148 valence electrons. The molecule has 0 aliphatic carbocycles. The van der Waals surface area contributed by atoms with Gasteiger partial charge in [-0.3, -0.25) is 4.79 Å². The molecule has 0 aliphatic rings. The van der Waals surface area contributed by atoms with E-state index in [2.05, 4.69) is 5.32 Å². The first kappa shape index (κ1) is 20.3. The number of rotatable bonds is 9. The summed E-state index contributed by atoms with van der Waals surface area (Å²) in [6.45, 7) is 0.262. The molecule has 5 heteroatoms. The Morgan fingerprint density at radius 3 is 2.14 bits per heavy atom. The van der Waals surface area contributed by atoms with Crippen molar-refractivity contribution in [3.8, 4) is 5.75 Å². The molecular formula is C24H23NO4. The molecule has 3 rings (SSSR count). The molecule has 0 fully saturated rings. The monoisotopic (exact) mass is 389 g/mol. The SMILES string of the molecule is COc1ccc([C@H](NC(=O)c2ccccc2)[C@H](C=O)OCc2ccccc2)cc1. The van der Waals surface area contributed by atoms with Crippen LogP contribution in [0, 0.1) is 0 Å². The molecule has 0 spiro atoms. The van der Waals surface area contributed by atoms with Gasteiger partial charge in [0, 0.05) is 5.56 Å². The highest BCUT2D eigenvalue weighted by atomic mass is 16.5. The summed E-state index contributed by atoms with van der Waals surface area (Å²) in [5.41, 5.74) is 2.21. The van der Waals surface area contributed by atoms with Crippen molar-refractivity contribution in [3.63, 3.8) is 0 Å². The summed E-state index contributed by atoms with van der Waals surface area (Å²) in [7, 11) is 1.58. The molecule has 0 aliphatic heterocycles. The Morgan fingerprint density at radius 1 is 0.931 bits per heavy atom. The third kappa shape index (κ3) is 5.53. The highest BCUT2D eigenvalue weighted by Gasteiger charge is 2.26. The fraction of sp³-hybridized carbons (Fsp3) is 0.167. The molecule has 1 amide bonds. The van der Waals surface area contributed by atoms with Crippen molar-refractivity contribution < 1.29 is 19.1 Å². The van der Waals surface area contributed by atoms with Gasteiger partial charge in [0.05, 0.1) is 19.8 Å². The highest BCUT2D eigenvalue weighted by Crippen LogP contribution is 2.23. The van der Waals surface area contributed by atoms with Crippen LogP contribution in [-0.4, -0.2) is 25.4 Å². The molecule has 1 N–H and O–H groups in total. The van der Waals surface area contributed by atoms with Gasteiger partial charge in [-0.05, 0) is 35.4 Å². The molecule has 0 saturated carbocycles. The minimum absolute atomic E-state index is 0.262. The van der Waals surface area contributed by atoms with Crippen molar-refractivity contribution in [2.45, 2.75) is 18.8 Å². The fourth-order valence-corrected chi connectivity index (χ4v) is 2.96. The van der Waals surface area contributed by atoms with Crippen molar-refractivity contribution in [1.82, 2.24) is 5.32 Å². The van der Waals surface area contributed by atoms with E-state index < -0.39 is 12.1 Å². The maximum Gasteiger partial charge on any atom is 0.251 e. The molecule has 5 nitrogen and oxygen atoms in total. The van der Waals surface area contributed by atoms with Crippen LogP contribution in [0.15, 0.2) is 84.9 Å². The number of benzene rings is 3. The first-order valence-corrected chi connectivity index (χ1v) is 9.32. The van der Waals surface area contributed by atoms with Crippen LogP contribution in [0.1, 0.15) is 27.5 Å². The Kier molecular flexibility index (Phi) is 7.14. The molecule has 3 aromatic carbocycles. The molecule has 3 aromatic rings. The zero-order valence-corrected chi connectivity index (χ0v) is 16.2. The standard InChI is InChI=1S/C24H23NO4/c1-28-21-14-12-19(13-15-21)23(25-24(27)20-10-6-3-7-11-20)22(16-26)29-17-18-8-4-2-5-9-18/h2-16,22-23H,17H2,1H3,(H,25,27)/t22-,23-/m0/s1. The van der Waals surface area contributed by atoms with Gasteiger partial charge in [0.25, 0.3) is 5.91 Å². The Bertz CT molecular complexity index is 911. The highest BCUT2D eigenvalue weighted by molar-refractivity contribution is 5.94. The van der Waals surface area contributed by atoms with E-state index in [4.69, 9.17) is 9.47 Å². The van der Waals surface area contributed by atoms with Gasteiger partial charge in [-0.2, -0.15) is 0 Å². The molecule has 29 heavy (non-hydrogen) atoms. The van der Waals surface area contributed by atoms with Crippen molar-refractivity contribution in [1.29, 1.82) is 0 Å². The number of methoxy groups -OCH3 is 1. The van der Waals surface area contributed by atoms with Crippen LogP contribution in [-0.2, 0) is 16.1 Å². The maximum absolute atomic E-state index is 12.7. The van der Waals surface area contributed by atoms with Crippen molar-refractivity contribution >= 4 is 12.2 Å². The second-order valence-corrected chi connectivity index (χ2v) is 6.49. The Hall–Kier alpha value is -3.44. The quantitative estimate of drug-likeness (QED) is 0.563. The molecule has 0 heterocycles. The Morgan fingerprint density at radius 2 is 1.55 bits per heavy atom. The first-order chi connectivity index (χ1) is 14.2. The molecular weight excluding hydrogens is 366 g/mol. The van der Waals surface area contributed by atoms with E-state index in [0.717, 1.165) is 17.4 Å². The van der Waals surface area contributed by atoms with Crippen LogP contribution in [0.2, 0.25) is 0 Å². The van der Waals surface area contributed by atoms with E-state index in [1.54, 1.807) is 43.5 Å². The van der Waals surface area contributed by atoms with Gasteiger partial charge in [-0.25, -0.2) is 0 Å². The van der Waals surface area contributed by atoms with Crippen LogP contribution >= 0.6 is 0 Å². The van der Waals surface area contributed by atoms with Gasteiger partial charge in [-0.15, -0.1) is 0 Å². The number of carbonyl (C=O) groups excluding carboxylic acids is 2. The van der Waals surface area contributed by atoms with Crippen LogP contribution in [0.5, 0.6) is 5.75 Å². The van der Waals surface area contributed by atoms with Crippen LogP contribution < -0.4 is 10.1 Å². The van der Waals surface area contributed by atoms with Crippen molar-refractivity contribution in [2.24, 2.45) is 0 Å². The van der Waals surface area contributed by atoms with Gasteiger partial charge in [-0.1, -0.05) is 60.7 Å². The van der Waals surface area contributed by atoms with Crippen molar-refractivity contribution in [2.75, 3.05) is 7.11 Å². The summed E-state index contributed by atoms with van der Waals surface area (Å²) >= 11 is 0. The van der Waals surface area contributed by atoms with E-state index in [1.807, 2.05) is 48.5 Å².